The SMILES string of the molecule is O=C(NCCc1c[nH]c2ccc(Cl)cc12)c1ccccc1-c1ccccc1Cl. The van der Waals surface area contributed by atoms with Crippen molar-refractivity contribution in [1.29, 1.82) is 0 Å². The van der Waals surface area contributed by atoms with Gasteiger partial charge in [0.1, 0.15) is 0 Å². The van der Waals surface area contributed by atoms with Crippen LogP contribution in [-0.2, 0) is 6.42 Å². The lowest BCUT2D eigenvalue weighted by Crippen LogP contribution is -2.26. The topological polar surface area (TPSA) is 44.9 Å². The molecule has 4 aromatic rings. The second-order valence-corrected chi connectivity index (χ2v) is 7.38. The molecule has 0 aliphatic rings. The van der Waals surface area contributed by atoms with Crippen molar-refractivity contribution in [3.05, 3.63) is 94.1 Å². The Morgan fingerprint density at radius 2 is 1.68 bits per heavy atom. The van der Waals surface area contributed by atoms with Gasteiger partial charge in [0.15, 0.2) is 0 Å². The fourth-order valence-electron chi connectivity index (χ4n) is 3.36. The van der Waals surface area contributed by atoms with Crippen molar-refractivity contribution in [2.75, 3.05) is 6.54 Å². The van der Waals surface area contributed by atoms with Gasteiger partial charge in [-0.15, -0.1) is 0 Å². The van der Waals surface area contributed by atoms with Crippen LogP contribution < -0.4 is 5.32 Å². The first-order valence-electron chi connectivity index (χ1n) is 9.01. The summed E-state index contributed by atoms with van der Waals surface area (Å²) in [5.74, 6) is -0.117. The second-order valence-electron chi connectivity index (χ2n) is 6.54. The van der Waals surface area contributed by atoms with Gasteiger partial charge in [0.2, 0.25) is 0 Å². The molecule has 1 aromatic heterocycles. The number of benzene rings is 3. The number of rotatable bonds is 5. The molecule has 0 spiro atoms. The van der Waals surface area contributed by atoms with Gasteiger partial charge < -0.3 is 10.3 Å². The molecule has 3 aromatic carbocycles. The van der Waals surface area contributed by atoms with E-state index in [2.05, 4.69) is 10.3 Å². The Morgan fingerprint density at radius 1 is 0.929 bits per heavy atom. The number of halogens is 2. The molecule has 0 fully saturated rings. The molecule has 1 heterocycles. The molecule has 0 atom stereocenters. The van der Waals surface area contributed by atoms with E-state index in [1.807, 2.05) is 72.9 Å². The zero-order chi connectivity index (χ0) is 19.5. The highest BCUT2D eigenvalue weighted by Gasteiger charge is 2.14. The van der Waals surface area contributed by atoms with Crippen LogP contribution in [-0.4, -0.2) is 17.4 Å². The number of carbonyl (C=O) groups is 1. The third kappa shape index (κ3) is 3.77. The van der Waals surface area contributed by atoms with E-state index >= 15 is 0 Å². The third-order valence-corrected chi connectivity index (χ3v) is 5.31. The van der Waals surface area contributed by atoms with Crippen molar-refractivity contribution < 1.29 is 4.79 Å². The van der Waals surface area contributed by atoms with Gasteiger partial charge in [-0.25, -0.2) is 0 Å². The van der Waals surface area contributed by atoms with Crippen LogP contribution in [0.2, 0.25) is 10.0 Å². The number of aromatic nitrogens is 1. The summed E-state index contributed by atoms with van der Waals surface area (Å²) < 4.78 is 0. The Morgan fingerprint density at radius 3 is 2.50 bits per heavy atom. The maximum absolute atomic E-state index is 12.8. The number of carbonyl (C=O) groups excluding carboxylic acids is 1. The molecule has 28 heavy (non-hydrogen) atoms. The van der Waals surface area contributed by atoms with Gasteiger partial charge in [-0.3, -0.25) is 4.79 Å². The van der Waals surface area contributed by atoms with Crippen molar-refractivity contribution in [3.8, 4) is 11.1 Å². The largest absolute Gasteiger partial charge is 0.361 e. The lowest BCUT2D eigenvalue weighted by atomic mass is 9.99. The Balaban J connectivity index is 1.50. The van der Waals surface area contributed by atoms with Crippen molar-refractivity contribution in [2.24, 2.45) is 0 Å². The first-order valence-corrected chi connectivity index (χ1v) is 9.77. The van der Waals surface area contributed by atoms with Crippen molar-refractivity contribution in [1.82, 2.24) is 10.3 Å². The molecular weight excluding hydrogens is 391 g/mol. The van der Waals surface area contributed by atoms with E-state index in [1.165, 1.54) is 0 Å². The highest BCUT2D eigenvalue weighted by molar-refractivity contribution is 6.33. The fourth-order valence-corrected chi connectivity index (χ4v) is 3.77. The van der Waals surface area contributed by atoms with E-state index in [-0.39, 0.29) is 5.91 Å². The molecule has 0 saturated carbocycles. The molecular formula is C23H18Cl2N2O. The number of H-pyrrole nitrogens is 1. The molecule has 0 bridgehead atoms. The normalized spacial score (nSPS) is 10.9. The van der Waals surface area contributed by atoms with E-state index in [0.29, 0.717) is 28.6 Å². The van der Waals surface area contributed by atoms with Crippen LogP contribution in [0.5, 0.6) is 0 Å². The maximum atomic E-state index is 12.8. The molecule has 140 valence electrons. The predicted molar refractivity (Wildman–Crippen MR) is 116 cm³/mol. The summed E-state index contributed by atoms with van der Waals surface area (Å²) >= 11 is 12.4. The first-order chi connectivity index (χ1) is 13.6. The quantitative estimate of drug-likeness (QED) is 0.410. The predicted octanol–water partition coefficient (Wildman–Crippen LogP) is 6.11. The van der Waals surface area contributed by atoms with E-state index in [1.54, 1.807) is 0 Å². The van der Waals surface area contributed by atoms with E-state index in [4.69, 9.17) is 23.2 Å². The number of aromatic amines is 1. The third-order valence-electron chi connectivity index (χ3n) is 4.75. The van der Waals surface area contributed by atoms with Gasteiger partial charge in [-0.1, -0.05) is 59.6 Å². The summed E-state index contributed by atoms with van der Waals surface area (Å²) in [4.78, 5) is 16.0. The minimum absolute atomic E-state index is 0.117. The number of hydrogen-bond acceptors (Lipinski definition) is 1. The molecule has 0 aliphatic heterocycles. The van der Waals surface area contributed by atoms with E-state index in [9.17, 15) is 4.79 Å². The van der Waals surface area contributed by atoms with Crippen molar-refractivity contribution in [2.45, 2.75) is 6.42 Å². The van der Waals surface area contributed by atoms with Crippen LogP contribution in [0, 0.1) is 0 Å². The molecule has 1 amide bonds. The highest BCUT2D eigenvalue weighted by atomic mass is 35.5. The zero-order valence-electron chi connectivity index (χ0n) is 15.0. The number of fused-ring (bicyclic) bond motifs is 1. The summed E-state index contributed by atoms with van der Waals surface area (Å²) in [5, 5.41) is 5.42. The minimum atomic E-state index is -0.117. The van der Waals surface area contributed by atoms with Gasteiger partial charge in [-0.05, 0) is 47.9 Å². The monoisotopic (exact) mass is 408 g/mol. The van der Waals surface area contributed by atoms with E-state index in [0.717, 1.165) is 27.6 Å². The van der Waals surface area contributed by atoms with E-state index < -0.39 is 0 Å². The summed E-state index contributed by atoms with van der Waals surface area (Å²) in [6.07, 6.45) is 2.67. The Bertz CT molecular complexity index is 1150. The number of hydrogen-bond donors (Lipinski definition) is 2. The molecule has 4 rings (SSSR count). The summed E-state index contributed by atoms with van der Waals surface area (Å²) in [7, 11) is 0. The standard InChI is InChI=1S/C23H18Cl2N2O/c24-16-9-10-22-20(13-16)15(14-27-22)11-12-26-23(28)19-7-2-1-5-17(19)18-6-3-4-8-21(18)25/h1-10,13-14,27H,11-12H2,(H,26,28). The van der Waals surface area contributed by atoms with Crippen molar-refractivity contribution >= 4 is 40.0 Å². The summed E-state index contributed by atoms with van der Waals surface area (Å²) in [5.41, 5.74) is 4.44. The Kier molecular flexibility index (Phi) is 5.38. The van der Waals surface area contributed by atoms with Gasteiger partial charge in [0.25, 0.3) is 5.91 Å². The van der Waals surface area contributed by atoms with Gasteiger partial charge >= 0.3 is 0 Å². The molecule has 5 heteroatoms. The fraction of sp³-hybridized carbons (Fsp3) is 0.0870. The average molecular weight is 409 g/mol. The first kappa shape index (κ1) is 18.6. The molecule has 0 saturated heterocycles. The molecule has 0 unspecified atom stereocenters. The van der Waals surface area contributed by atoms with Gasteiger partial charge in [0.05, 0.1) is 0 Å². The maximum Gasteiger partial charge on any atom is 0.251 e. The van der Waals surface area contributed by atoms with Crippen LogP contribution >= 0.6 is 23.2 Å². The summed E-state index contributed by atoms with van der Waals surface area (Å²) in [6, 6.07) is 20.8. The number of amides is 1. The van der Waals surface area contributed by atoms with Crippen LogP contribution in [0.3, 0.4) is 0 Å². The van der Waals surface area contributed by atoms with Crippen molar-refractivity contribution in [3.63, 3.8) is 0 Å². The van der Waals surface area contributed by atoms with Crippen LogP contribution in [0.25, 0.3) is 22.0 Å². The van der Waals surface area contributed by atoms with Gasteiger partial charge in [0, 0.05) is 44.8 Å². The molecule has 2 N–H and O–H groups in total. The van der Waals surface area contributed by atoms with Crippen LogP contribution in [0.1, 0.15) is 15.9 Å². The Labute approximate surface area is 173 Å². The lowest BCUT2D eigenvalue weighted by molar-refractivity contribution is 0.0955. The summed E-state index contributed by atoms with van der Waals surface area (Å²) in [6.45, 7) is 0.523. The van der Waals surface area contributed by atoms with Gasteiger partial charge in [-0.2, -0.15) is 0 Å². The highest BCUT2D eigenvalue weighted by Crippen LogP contribution is 2.30. The minimum Gasteiger partial charge on any atom is -0.361 e. The van der Waals surface area contributed by atoms with Crippen LogP contribution in [0.4, 0.5) is 0 Å². The lowest BCUT2D eigenvalue weighted by Gasteiger charge is -2.11. The van der Waals surface area contributed by atoms with Crippen LogP contribution in [0.15, 0.2) is 72.9 Å². The average Bonchev–Trinajstić information content (AvgIpc) is 3.10. The molecule has 0 radical (unpaired) electrons. The zero-order valence-corrected chi connectivity index (χ0v) is 16.5. The Hall–Kier alpha value is -2.75. The number of nitrogens with one attached hydrogen (secondary N) is 2. The smallest absolute Gasteiger partial charge is 0.251 e. The molecule has 3 nitrogen and oxygen atoms in total. The molecule has 0 aliphatic carbocycles. The second kappa shape index (κ2) is 8.09.